The first-order valence-electron chi connectivity index (χ1n) is 7.68. The summed E-state index contributed by atoms with van der Waals surface area (Å²) in [6.07, 6.45) is 11.7. The van der Waals surface area contributed by atoms with Crippen molar-refractivity contribution in [2.45, 2.75) is 71.6 Å². The molecule has 0 heterocycles. The van der Waals surface area contributed by atoms with Crippen LogP contribution in [0.3, 0.4) is 0 Å². The molecule has 0 aromatic rings. The smallest absolute Gasteiger partial charge is 0.0443 e. The quantitative estimate of drug-likeness (QED) is 0.497. The largest absolute Gasteiger partial charge is 0.396 e. The van der Waals surface area contributed by atoms with Gasteiger partial charge in [-0.15, -0.1) is 0 Å². The third-order valence-corrected chi connectivity index (χ3v) is 3.29. The molecule has 2 heteroatoms. The Kier molecular flexibility index (Phi) is 13.9. The second-order valence-corrected chi connectivity index (χ2v) is 5.04. The molecule has 0 rings (SSSR count). The van der Waals surface area contributed by atoms with E-state index in [1.807, 2.05) is 0 Å². The van der Waals surface area contributed by atoms with Crippen molar-refractivity contribution in [2.75, 3.05) is 26.2 Å². The van der Waals surface area contributed by atoms with Crippen molar-refractivity contribution < 1.29 is 5.11 Å². The second kappa shape index (κ2) is 14.0. The van der Waals surface area contributed by atoms with Gasteiger partial charge in [0, 0.05) is 13.2 Å². The van der Waals surface area contributed by atoms with Gasteiger partial charge in [-0.3, -0.25) is 0 Å². The molecule has 0 aliphatic rings. The van der Waals surface area contributed by atoms with Gasteiger partial charge in [0.05, 0.1) is 0 Å². The van der Waals surface area contributed by atoms with Crippen molar-refractivity contribution in [1.29, 1.82) is 0 Å². The van der Waals surface area contributed by atoms with Crippen molar-refractivity contribution in [3.05, 3.63) is 0 Å². The van der Waals surface area contributed by atoms with Gasteiger partial charge in [-0.2, -0.15) is 0 Å². The van der Waals surface area contributed by atoms with Gasteiger partial charge in [-0.25, -0.2) is 0 Å². The van der Waals surface area contributed by atoms with E-state index in [1.54, 1.807) is 0 Å². The molecule has 104 valence electrons. The lowest BCUT2D eigenvalue weighted by Gasteiger charge is -2.21. The van der Waals surface area contributed by atoms with Gasteiger partial charge in [0.15, 0.2) is 0 Å². The summed E-state index contributed by atoms with van der Waals surface area (Å²) in [5.74, 6) is 0. The lowest BCUT2D eigenvalue weighted by atomic mass is 10.1. The fourth-order valence-corrected chi connectivity index (χ4v) is 2.15. The molecule has 0 aromatic carbocycles. The molecule has 0 saturated heterocycles. The van der Waals surface area contributed by atoms with Crippen LogP contribution in [0.2, 0.25) is 0 Å². The van der Waals surface area contributed by atoms with Crippen LogP contribution in [0.4, 0.5) is 0 Å². The zero-order chi connectivity index (χ0) is 12.8. The van der Waals surface area contributed by atoms with Crippen molar-refractivity contribution >= 4 is 0 Å². The molecule has 0 bridgehead atoms. The maximum atomic E-state index is 8.91. The van der Waals surface area contributed by atoms with E-state index in [0.29, 0.717) is 6.61 Å². The van der Waals surface area contributed by atoms with Gasteiger partial charge in [0.25, 0.3) is 0 Å². The fraction of sp³-hybridized carbons (Fsp3) is 1.00. The summed E-state index contributed by atoms with van der Waals surface area (Å²) in [5.41, 5.74) is 0. The van der Waals surface area contributed by atoms with Crippen LogP contribution in [-0.4, -0.2) is 36.2 Å². The minimum Gasteiger partial charge on any atom is -0.396 e. The Balaban J connectivity index is 3.56. The van der Waals surface area contributed by atoms with E-state index in [0.717, 1.165) is 13.0 Å². The zero-order valence-corrected chi connectivity index (χ0v) is 12.1. The van der Waals surface area contributed by atoms with E-state index in [4.69, 9.17) is 5.11 Å². The van der Waals surface area contributed by atoms with E-state index in [2.05, 4.69) is 18.7 Å². The van der Waals surface area contributed by atoms with Gasteiger partial charge in [-0.1, -0.05) is 52.4 Å². The van der Waals surface area contributed by atoms with Crippen molar-refractivity contribution in [1.82, 2.24) is 4.90 Å². The van der Waals surface area contributed by atoms with Gasteiger partial charge in [0.1, 0.15) is 0 Å². The average Bonchev–Trinajstić information content (AvgIpc) is 2.35. The summed E-state index contributed by atoms with van der Waals surface area (Å²) in [6.45, 7) is 8.38. The van der Waals surface area contributed by atoms with Crippen LogP contribution >= 0.6 is 0 Å². The molecule has 0 aliphatic carbocycles. The summed E-state index contributed by atoms with van der Waals surface area (Å²) in [4.78, 5) is 2.54. The minimum atomic E-state index is 0.334. The average molecular weight is 243 g/mol. The van der Waals surface area contributed by atoms with E-state index in [-0.39, 0.29) is 0 Å². The Morgan fingerprint density at radius 1 is 0.647 bits per heavy atom. The molecular weight excluding hydrogens is 210 g/mol. The Morgan fingerprint density at radius 2 is 1.12 bits per heavy atom. The van der Waals surface area contributed by atoms with Crippen LogP contribution in [0.25, 0.3) is 0 Å². The third kappa shape index (κ3) is 12.2. The van der Waals surface area contributed by atoms with E-state index in [9.17, 15) is 0 Å². The zero-order valence-electron chi connectivity index (χ0n) is 12.1. The molecule has 2 nitrogen and oxygen atoms in total. The number of rotatable bonds is 13. The first-order chi connectivity index (χ1) is 8.35. The number of aliphatic hydroxyl groups is 1. The van der Waals surface area contributed by atoms with Gasteiger partial charge in [-0.05, 0) is 32.4 Å². The molecule has 0 atom stereocenters. The number of nitrogens with zero attached hydrogens (tertiary/aromatic N) is 1. The standard InChI is InChI=1S/C15H33NO/c1-3-5-7-9-12-16(14-11-15-17)13-10-8-6-4-2/h17H,3-15H2,1-2H3. The summed E-state index contributed by atoms with van der Waals surface area (Å²) in [6, 6.07) is 0. The molecule has 1 N–H and O–H groups in total. The van der Waals surface area contributed by atoms with Gasteiger partial charge in [0.2, 0.25) is 0 Å². The minimum absolute atomic E-state index is 0.334. The molecular formula is C15H33NO. The summed E-state index contributed by atoms with van der Waals surface area (Å²) in [5, 5.41) is 8.91. The molecule has 0 amide bonds. The van der Waals surface area contributed by atoms with Crippen LogP contribution in [0.1, 0.15) is 71.6 Å². The summed E-state index contributed by atoms with van der Waals surface area (Å²) < 4.78 is 0. The normalized spacial score (nSPS) is 11.3. The van der Waals surface area contributed by atoms with Crippen LogP contribution in [0.15, 0.2) is 0 Å². The molecule has 0 aliphatic heterocycles. The Labute approximate surface area is 108 Å². The Hall–Kier alpha value is -0.0800. The molecule has 0 fully saturated rings. The highest BCUT2D eigenvalue weighted by atomic mass is 16.3. The number of unbranched alkanes of at least 4 members (excludes halogenated alkanes) is 6. The highest BCUT2D eigenvalue weighted by Gasteiger charge is 2.03. The van der Waals surface area contributed by atoms with Crippen LogP contribution in [0, 0.1) is 0 Å². The maximum absolute atomic E-state index is 8.91. The lowest BCUT2D eigenvalue weighted by molar-refractivity contribution is 0.217. The fourth-order valence-electron chi connectivity index (χ4n) is 2.15. The predicted molar refractivity (Wildman–Crippen MR) is 76.4 cm³/mol. The molecule has 0 spiro atoms. The van der Waals surface area contributed by atoms with Crippen LogP contribution < -0.4 is 0 Å². The third-order valence-electron chi connectivity index (χ3n) is 3.29. The topological polar surface area (TPSA) is 23.5 Å². The number of hydrogen-bond donors (Lipinski definition) is 1. The lowest BCUT2D eigenvalue weighted by Crippen LogP contribution is -2.27. The van der Waals surface area contributed by atoms with Crippen molar-refractivity contribution in [3.8, 4) is 0 Å². The molecule has 0 radical (unpaired) electrons. The highest BCUT2D eigenvalue weighted by molar-refractivity contribution is 4.59. The van der Waals surface area contributed by atoms with Gasteiger partial charge >= 0.3 is 0 Å². The molecule has 0 aromatic heterocycles. The molecule has 0 saturated carbocycles. The second-order valence-electron chi connectivity index (χ2n) is 5.04. The van der Waals surface area contributed by atoms with Crippen molar-refractivity contribution in [3.63, 3.8) is 0 Å². The Bertz CT molecular complexity index is 127. The number of hydrogen-bond acceptors (Lipinski definition) is 2. The number of aliphatic hydroxyl groups excluding tert-OH is 1. The summed E-state index contributed by atoms with van der Waals surface area (Å²) >= 11 is 0. The Morgan fingerprint density at radius 3 is 1.53 bits per heavy atom. The SMILES string of the molecule is CCCCCCN(CCCO)CCCCCC. The van der Waals surface area contributed by atoms with Crippen molar-refractivity contribution in [2.24, 2.45) is 0 Å². The van der Waals surface area contributed by atoms with Gasteiger partial charge < -0.3 is 10.0 Å². The van der Waals surface area contributed by atoms with Crippen LogP contribution in [-0.2, 0) is 0 Å². The maximum Gasteiger partial charge on any atom is 0.0443 e. The summed E-state index contributed by atoms with van der Waals surface area (Å²) in [7, 11) is 0. The predicted octanol–water partition coefficient (Wildman–Crippen LogP) is 3.83. The molecule has 17 heavy (non-hydrogen) atoms. The first kappa shape index (κ1) is 16.9. The van der Waals surface area contributed by atoms with E-state index >= 15 is 0 Å². The highest BCUT2D eigenvalue weighted by Crippen LogP contribution is 2.05. The first-order valence-corrected chi connectivity index (χ1v) is 7.68. The van der Waals surface area contributed by atoms with E-state index in [1.165, 1.54) is 64.5 Å². The van der Waals surface area contributed by atoms with Crippen LogP contribution in [0.5, 0.6) is 0 Å². The monoisotopic (exact) mass is 243 g/mol. The molecule has 0 unspecified atom stereocenters. The van der Waals surface area contributed by atoms with E-state index < -0.39 is 0 Å².